The Morgan fingerprint density at radius 1 is 1.46 bits per heavy atom. The fourth-order valence-electron chi connectivity index (χ4n) is 2.45. The molecule has 0 heterocycles. The summed E-state index contributed by atoms with van der Waals surface area (Å²) in [5, 5.41) is 0. The molecule has 3 aliphatic carbocycles. The first-order valence-electron chi connectivity index (χ1n) is 5.16. The van der Waals surface area contributed by atoms with Gasteiger partial charge in [0, 0.05) is 0 Å². The second kappa shape index (κ2) is 3.52. The van der Waals surface area contributed by atoms with Gasteiger partial charge in [0.05, 0.1) is 12.5 Å². The zero-order chi connectivity index (χ0) is 9.26. The highest BCUT2D eigenvalue weighted by Crippen LogP contribution is 2.40. The van der Waals surface area contributed by atoms with E-state index >= 15 is 0 Å². The van der Waals surface area contributed by atoms with Crippen molar-refractivity contribution < 1.29 is 9.53 Å². The first kappa shape index (κ1) is 8.79. The predicted octanol–water partition coefficient (Wildman–Crippen LogP) is 2.15. The maximum Gasteiger partial charge on any atom is 0.309 e. The molecule has 1 unspecified atom stereocenters. The summed E-state index contributed by atoms with van der Waals surface area (Å²) in [5.41, 5.74) is 0. The van der Waals surface area contributed by atoms with E-state index in [-0.39, 0.29) is 11.9 Å². The Kier molecular flexibility index (Phi) is 2.38. The standard InChI is InChI=1S/C11H16O2/c1-2-13-11(12)10-7-8-3-5-9(10)6-4-8/h3,5,8-10H,2,4,6-7H2,1H3/t8-,9+,10?/m0/s1. The molecule has 0 amide bonds. The van der Waals surface area contributed by atoms with Gasteiger partial charge in [-0.15, -0.1) is 0 Å². The van der Waals surface area contributed by atoms with Crippen molar-refractivity contribution in [1.29, 1.82) is 0 Å². The Morgan fingerprint density at radius 2 is 2.31 bits per heavy atom. The molecule has 0 aromatic heterocycles. The SMILES string of the molecule is CCOC(=O)C1C[C@H]2C=C[C@@H]1CC2. The molecule has 3 rings (SSSR count). The van der Waals surface area contributed by atoms with E-state index in [4.69, 9.17) is 4.74 Å². The van der Waals surface area contributed by atoms with Gasteiger partial charge >= 0.3 is 5.97 Å². The van der Waals surface area contributed by atoms with Crippen molar-refractivity contribution in [2.45, 2.75) is 26.2 Å². The largest absolute Gasteiger partial charge is 0.466 e. The molecule has 0 radical (unpaired) electrons. The van der Waals surface area contributed by atoms with Gasteiger partial charge in [-0.05, 0) is 38.0 Å². The lowest BCUT2D eigenvalue weighted by Crippen LogP contribution is -2.33. The number of allylic oxidation sites excluding steroid dienone is 2. The van der Waals surface area contributed by atoms with Gasteiger partial charge in [-0.1, -0.05) is 12.2 Å². The van der Waals surface area contributed by atoms with E-state index in [1.54, 1.807) is 0 Å². The number of hydrogen-bond donors (Lipinski definition) is 0. The molecule has 13 heavy (non-hydrogen) atoms. The maximum atomic E-state index is 11.5. The number of carbonyl (C=O) groups excluding carboxylic acids is 1. The molecular formula is C11H16O2. The second-order valence-electron chi connectivity index (χ2n) is 3.98. The highest BCUT2D eigenvalue weighted by Gasteiger charge is 2.36. The molecule has 0 spiro atoms. The number of carbonyl (C=O) groups is 1. The molecule has 2 nitrogen and oxygen atoms in total. The third-order valence-electron chi connectivity index (χ3n) is 3.16. The van der Waals surface area contributed by atoms with E-state index < -0.39 is 0 Å². The van der Waals surface area contributed by atoms with Crippen LogP contribution in [-0.2, 0) is 9.53 Å². The summed E-state index contributed by atoms with van der Waals surface area (Å²) in [6, 6.07) is 0. The van der Waals surface area contributed by atoms with Crippen LogP contribution in [0, 0.1) is 17.8 Å². The number of rotatable bonds is 2. The van der Waals surface area contributed by atoms with E-state index in [1.807, 2.05) is 6.92 Å². The van der Waals surface area contributed by atoms with Crippen LogP contribution in [0.25, 0.3) is 0 Å². The summed E-state index contributed by atoms with van der Waals surface area (Å²) in [6.45, 7) is 2.38. The van der Waals surface area contributed by atoms with Crippen molar-refractivity contribution in [2.24, 2.45) is 17.8 Å². The number of fused-ring (bicyclic) bond motifs is 2. The van der Waals surface area contributed by atoms with Gasteiger partial charge in [0.1, 0.15) is 0 Å². The average Bonchev–Trinajstić information content (AvgIpc) is 2.20. The average molecular weight is 180 g/mol. The van der Waals surface area contributed by atoms with Gasteiger partial charge in [-0.25, -0.2) is 0 Å². The quantitative estimate of drug-likeness (QED) is 0.481. The zero-order valence-electron chi connectivity index (χ0n) is 8.03. The van der Waals surface area contributed by atoms with Gasteiger partial charge in [0.15, 0.2) is 0 Å². The Labute approximate surface area is 79.0 Å². The molecule has 0 aromatic rings. The van der Waals surface area contributed by atoms with E-state index in [0.29, 0.717) is 18.4 Å². The molecule has 1 saturated carbocycles. The highest BCUT2D eigenvalue weighted by molar-refractivity contribution is 5.73. The number of hydrogen-bond acceptors (Lipinski definition) is 2. The third kappa shape index (κ3) is 1.62. The van der Waals surface area contributed by atoms with Crippen molar-refractivity contribution >= 4 is 5.97 Å². The van der Waals surface area contributed by atoms with Crippen molar-refractivity contribution in [3.63, 3.8) is 0 Å². The Balaban J connectivity index is 2.02. The molecule has 0 N–H and O–H groups in total. The molecule has 2 heteroatoms. The molecule has 72 valence electrons. The van der Waals surface area contributed by atoms with Crippen LogP contribution in [-0.4, -0.2) is 12.6 Å². The summed E-state index contributed by atoms with van der Waals surface area (Å²) in [6.07, 6.45) is 7.92. The zero-order valence-corrected chi connectivity index (χ0v) is 8.03. The van der Waals surface area contributed by atoms with Crippen molar-refractivity contribution in [1.82, 2.24) is 0 Å². The van der Waals surface area contributed by atoms with Gasteiger partial charge < -0.3 is 4.74 Å². The molecular weight excluding hydrogens is 164 g/mol. The maximum absolute atomic E-state index is 11.5. The smallest absolute Gasteiger partial charge is 0.309 e. The van der Waals surface area contributed by atoms with Crippen LogP contribution >= 0.6 is 0 Å². The number of esters is 1. The van der Waals surface area contributed by atoms with Crippen molar-refractivity contribution in [3.8, 4) is 0 Å². The minimum absolute atomic E-state index is 0.0153. The lowest BCUT2D eigenvalue weighted by atomic mass is 9.69. The third-order valence-corrected chi connectivity index (χ3v) is 3.16. The summed E-state index contributed by atoms with van der Waals surface area (Å²) >= 11 is 0. The van der Waals surface area contributed by atoms with Crippen LogP contribution in [0.2, 0.25) is 0 Å². The van der Waals surface area contributed by atoms with E-state index in [1.165, 1.54) is 12.8 Å². The minimum atomic E-state index is 0.0153. The van der Waals surface area contributed by atoms with Crippen LogP contribution in [0.3, 0.4) is 0 Å². The van der Waals surface area contributed by atoms with Crippen LogP contribution < -0.4 is 0 Å². The van der Waals surface area contributed by atoms with Crippen molar-refractivity contribution in [3.05, 3.63) is 12.2 Å². The van der Waals surface area contributed by atoms with E-state index in [0.717, 1.165) is 6.42 Å². The van der Waals surface area contributed by atoms with Crippen molar-refractivity contribution in [2.75, 3.05) is 6.61 Å². The second-order valence-corrected chi connectivity index (χ2v) is 3.98. The van der Waals surface area contributed by atoms with E-state index in [2.05, 4.69) is 12.2 Å². The fraction of sp³-hybridized carbons (Fsp3) is 0.727. The van der Waals surface area contributed by atoms with Crippen LogP contribution in [0.4, 0.5) is 0 Å². The fourth-order valence-corrected chi connectivity index (χ4v) is 2.45. The lowest BCUT2D eigenvalue weighted by molar-refractivity contribution is -0.151. The van der Waals surface area contributed by atoms with Crippen LogP contribution in [0.1, 0.15) is 26.2 Å². The summed E-state index contributed by atoms with van der Waals surface area (Å²) in [4.78, 5) is 11.5. The van der Waals surface area contributed by atoms with Crippen LogP contribution in [0.15, 0.2) is 12.2 Å². The first-order chi connectivity index (χ1) is 6.31. The molecule has 3 atom stereocenters. The molecule has 0 aliphatic heterocycles. The molecule has 0 aromatic carbocycles. The summed E-state index contributed by atoms with van der Waals surface area (Å²) in [7, 11) is 0. The minimum Gasteiger partial charge on any atom is -0.466 e. The van der Waals surface area contributed by atoms with E-state index in [9.17, 15) is 4.79 Å². The summed E-state index contributed by atoms with van der Waals surface area (Å²) < 4.78 is 5.06. The number of ether oxygens (including phenoxy) is 1. The molecule has 1 fully saturated rings. The normalized spacial score (nSPS) is 36.2. The molecule has 3 aliphatic rings. The van der Waals surface area contributed by atoms with Gasteiger partial charge in [-0.3, -0.25) is 4.79 Å². The van der Waals surface area contributed by atoms with Gasteiger partial charge in [0.25, 0.3) is 0 Å². The highest BCUT2D eigenvalue weighted by atomic mass is 16.5. The first-order valence-corrected chi connectivity index (χ1v) is 5.16. The monoisotopic (exact) mass is 180 g/mol. The predicted molar refractivity (Wildman–Crippen MR) is 50.1 cm³/mol. The molecule has 0 saturated heterocycles. The Bertz CT molecular complexity index is 232. The lowest BCUT2D eigenvalue weighted by Gasteiger charge is -2.36. The van der Waals surface area contributed by atoms with Crippen LogP contribution in [0.5, 0.6) is 0 Å². The topological polar surface area (TPSA) is 26.3 Å². The molecule has 2 bridgehead atoms. The van der Waals surface area contributed by atoms with Gasteiger partial charge in [0.2, 0.25) is 0 Å². The Morgan fingerprint density at radius 3 is 2.77 bits per heavy atom. The Hall–Kier alpha value is -0.790. The van der Waals surface area contributed by atoms with Gasteiger partial charge in [-0.2, -0.15) is 0 Å². The summed E-state index contributed by atoms with van der Waals surface area (Å²) in [5.74, 6) is 1.27.